The van der Waals surface area contributed by atoms with Gasteiger partial charge in [-0.25, -0.2) is 22.4 Å². The normalized spacial score (nSPS) is 18.9. The van der Waals surface area contributed by atoms with Gasteiger partial charge in [0.15, 0.2) is 5.82 Å². The Morgan fingerprint density at radius 1 is 1.30 bits per heavy atom. The number of amides is 1. The molecule has 0 unspecified atom stereocenters. The highest BCUT2D eigenvalue weighted by Gasteiger charge is 2.36. The molecule has 33 heavy (non-hydrogen) atoms. The Hall–Kier alpha value is -3.12. The molecular formula is C21H22F3N5O3S. The highest BCUT2D eigenvalue weighted by molar-refractivity contribution is 7.87. The molecule has 0 saturated carbocycles. The zero-order valence-electron chi connectivity index (χ0n) is 17.9. The summed E-state index contributed by atoms with van der Waals surface area (Å²) in [5.41, 5.74) is -0.0463. The smallest absolute Gasteiger partial charge is 0.303 e. The summed E-state index contributed by atoms with van der Waals surface area (Å²) in [5.74, 6) is -2.40. The van der Waals surface area contributed by atoms with E-state index in [1.54, 1.807) is 13.0 Å². The molecule has 1 fully saturated rings. The van der Waals surface area contributed by atoms with Crippen molar-refractivity contribution in [3.8, 4) is 0 Å². The van der Waals surface area contributed by atoms with Crippen LogP contribution in [0.4, 0.5) is 18.9 Å². The summed E-state index contributed by atoms with van der Waals surface area (Å²) in [6, 6.07) is 6.46. The Morgan fingerprint density at radius 2 is 2.06 bits per heavy atom. The van der Waals surface area contributed by atoms with E-state index in [0.717, 1.165) is 15.0 Å². The molecular weight excluding hydrogens is 459 g/mol. The Bertz CT molecular complexity index is 1310. The number of fused-ring (bicyclic) bond motifs is 1. The highest BCUT2D eigenvalue weighted by Crippen LogP contribution is 2.39. The molecule has 1 aromatic carbocycles. The van der Waals surface area contributed by atoms with Gasteiger partial charge < -0.3 is 4.90 Å². The molecule has 1 saturated heterocycles. The Morgan fingerprint density at radius 3 is 2.76 bits per heavy atom. The minimum atomic E-state index is -4.12. The molecule has 3 heterocycles. The number of halogens is 3. The summed E-state index contributed by atoms with van der Waals surface area (Å²) in [5, 5.41) is 3.93. The van der Waals surface area contributed by atoms with Crippen LogP contribution in [-0.2, 0) is 10.2 Å². The summed E-state index contributed by atoms with van der Waals surface area (Å²) in [7, 11) is -2.83. The fourth-order valence-corrected chi connectivity index (χ4v) is 4.76. The van der Waals surface area contributed by atoms with E-state index in [4.69, 9.17) is 0 Å². The molecule has 0 spiro atoms. The van der Waals surface area contributed by atoms with Gasteiger partial charge in [-0.1, -0.05) is 19.1 Å². The number of carbonyl (C=O) groups is 1. The van der Waals surface area contributed by atoms with Crippen LogP contribution in [0.15, 0.2) is 42.7 Å². The van der Waals surface area contributed by atoms with Crippen LogP contribution in [-0.4, -0.2) is 54.6 Å². The van der Waals surface area contributed by atoms with E-state index in [0.29, 0.717) is 5.56 Å². The van der Waals surface area contributed by atoms with Gasteiger partial charge in [-0.3, -0.25) is 4.79 Å². The second-order valence-electron chi connectivity index (χ2n) is 7.77. The van der Waals surface area contributed by atoms with Gasteiger partial charge in [0.05, 0.1) is 23.5 Å². The van der Waals surface area contributed by atoms with E-state index >= 15 is 4.39 Å². The van der Waals surface area contributed by atoms with Gasteiger partial charge in [0, 0.05) is 32.8 Å². The maximum Gasteiger partial charge on any atom is 0.303 e. The van der Waals surface area contributed by atoms with Crippen molar-refractivity contribution >= 4 is 27.3 Å². The molecule has 1 N–H and O–H groups in total. The number of hydrogen-bond donors (Lipinski definition) is 1. The molecule has 176 valence electrons. The van der Waals surface area contributed by atoms with Crippen LogP contribution in [0.5, 0.6) is 0 Å². The van der Waals surface area contributed by atoms with Crippen molar-refractivity contribution in [3.05, 3.63) is 65.5 Å². The van der Waals surface area contributed by atoms with Crippen molar-refractivity contribution in [3.63, 3.8) is 0 Å². The Balaban J connectivity index is 1.74. The van der Waals surface area contributed by atoms with Gasteiger partial charge in [0.25, 0.3) is 5.91 Å². The molecule has 0 bridgehead atoms. The first kappa shape index (κ1) is 23.1. The second kappa shape index (κ2) is 8.67. The van der Waals surface area contributed by atoms with E-state index in [1.807, 2.05) is 4.72 Å². The third kappa shape index (κ3) is 4.27. The molecule has 1 aliphatic rings. The third-order valence-electron chi connectivity index (χ3n) is 5.72. The van der Waals surface area contributed by atoms with Crippen molar-refractivity contribution in [2.75, 3.05) is 25.0 Å². The minimum absolute atomic E-state index is 0.00000499. The Labute approximate surface area is 188 Å². The first-order chi connectivity index (χ1) is 15.6. The fraction of sp³-hybridized carbons (Fsp3) is 0.333. The average Bonchev–Trinajstić information content (AvgIpc) is 3.37. The summed E-state index contributed by atoms with van der Waals surface area (Å²) in [6.07, 6.45) is 1.23. The molecule has 1 aliphatic heterocycles. The van der Waals surface area contributed by atoms with E-state index in [1.165, 1.54) is 42.4 Å². The SMILES string of the molecule is CCN(C)S(=O)(=O)NC(=O)c1cnn2ccc(N3C[C@@H](F)C[C@@H]3c3cccc(F)c3)c(F)c12. The topological polar surface area (TPSA) is 87.0 Å². The van der Waals surface area contributed by atoms with Crippen LogP contribution in [0.2, 0.25) is 0 Å². The number of hydrogen-bond acceptors (Lipinski definition) is 5. The average molecular weight is 482 g/mol. The van der Waals surface area contributed by atoms with E-state index < -0.39 is 40.0 Å². The van der Waals surface area contributed by atoms with Crippen molar-refractivity contribution in [1.82, 2.24) is 18.6 Å². The lowest BCUT2D eigenvalue weighted by Gasteiger charge is -2.27. The lowest BCUT2D eigenvalue weighted by Crippen LogP contribution is -2.41. The van der Waals surface area contributed by atoms with Crippen LogP contribution in [0.3, 0.4) is 0 Å². The minimum Gasteiger partial charge on any atom is -0.359 e. The Kier molecular flexibility index (Phi) is 6.06. The number of benzene rings is 1. The van der Waals surface area contributed by atoms with Gasteiger partial charge in [0.2, 0.25) is 0 Å². The number of nitrogens with one attached hydrogen (secondary N) is 1. The molecule has 8 nitrogen and oxygen atoms in total. The fourth-order valence-electron chi connectivity index (χ4n) is 3.92. The number of nitrogens with zero attached hydrogens (tertiary/aromatic N) is 4. The first-order valence-electron chi connectivity index (χ1n) is 10.2. The van der Waals surface area contributed by atoms with Gasteiger partial charge in [-0.2, -0.15) is 17.8 Å². The standard InChI is InChI=1S/C21H22F3N5O3S/c1-3-27(2)33(31,32)26-21(30)16-11-25-29-8-7-17(19(24)20(16)29)28-12-15(23)10-18(28)13-5-4-6-14(22)9-13/h4-9,11,15,18H,3,10,12H2,1-2H3,(H,26,30)/t15-,18+/m0/s1. The highest BCUT2D eigenvalue weighted by atomic mass is 32.2. The quantitative estimate of drug-likeness (QED) is 0.585. The predicted octanol–water partition coefficient (Wildman–Crippen LogP) is 2.83. The van der Waals surface area contributed by atoms with E-state index in [2.05, 4.69) is 5.10 Å². The van der Waals surface area contributed by atoms with E-state index in [9.17, 15) is 22.0 Å². The zero-order chi connectivity index (χ0) is 23.9. The maximum absolute atomic E-state index is 15.7. The molecule has 2 aromatic heterocycles. The summed E-state index contributed by atoms with van der Waals surface area (Å²) < 4.78 is 72.2. The van der Waals surface area contributed by atoms with Gasteiger partial charge >= 0.3 is 10.2 Å². The van der Waals surface area contributed by atoms with Crippen LogP contribution >= 0.6 is 0 Å². The lowest BCUT2D eigenvalue weighted by molar-refractivity contribution is 0.0981. The van der Waals surface area contributed by atoms with Gasteiger partial charge in [-0.05, 0) is 23.8 Å². The molecule has 0 radical (unpaired) electrons. The number of carbonyl (C=O) groups excluding carboxylic acids is 1. The molecule has 4 rings (SSSR count). The number of pyridine rings is 1. The maximum atomic E-state index is 15.7. The largest absolute Gasteiger partial charge is 0.359 e. The predicted molar refractivity (Wildman–Crippen MR) is 116 cm³/mol. The van der Waals surface area contributed by atoms with Crippen LogP contribution in [0, 0.1) is 11.6 Å². The zero-order valence-corrected chi connectivity index (χ0v) is 18.7. The van der Waals surface area contributed by atoms with Crippen molar-refractivity contribution in [2.24, 2.45) is 0 Å². The molecule has 2 atom stereocenters. The number of anilines is 1. The molecule has 3 aromatic rings. The summed E-state index contributed by atoms with van der Waals surface area (Å²) in [6.45, 7) is 1.59. The molecule has 12 heteroatoms. The van der Waals surface area contributed by atoms with Crippen molar-refractivity contribution < 1.29 is 26.4 Å². The van der Waals surface area contributed by atoms with E-state index in [-0.39, 0.29) is 36.3 Å². The molecule has 1 amide bonds. The van der Waals surface area contributed by atoms with Crippen LogP contribution in [0.1, 0.15) is 35.3 Å². The van der Waals surface area contributed by atoms with Crippen molar-refractivity contribution in [2.45, 2.75) is 25.6 Å². The van der Waals surface area contributed by atoms with Crippen molar-refractivity contribution in [1.29, 1.82) is 0 Å². The van der Waals surface area contributed by atoms with Gasteiger partial charge in [0.1, 0.15) is 17.5 Å². The summed E-state index contributed by atoms with van der Waals surface area (Å²) >= 11 is 0. The monoisotopic (exact) mass is 481 g/mol. The number of rotatable bonds is 6. The van der Waals surface area contributed by atoms with Crippen LogP contribution < -0.4 is 9.62 Å². The summed E-state index contributed by atoms with van der Waals surface area (Å²) in [4.78, 5) is 14.1. The number of aromatic nitrogens is 2. The molecule has 0 aliphatic carbocycles. The number of alkyl halides is 1. The van der Waals surface area contributed by atoms with Crippen LogP contribution in [0.25, 0.3) is 5.52 Å². The lowest BCUT2D eigenvalue weighted by atomic mass is 10.0. The first-order valence-corrected chi connectivity index (χ1v) is 11.7. The third-order valence-corrected chi connectivity index (χ3v) is 7.24. The second-order valence-corrected chi connectivity index (χ2v) is 9.55. The van der Waals surface area contributed by atoms with Gasteiger partial charge in [-0.15, -0.1) is 0 Å².